The van der Waals surface area contributed by atoms with Gasteiger partial charge in [0.1, 0.15) is 5.75 Å². The van der Waals surface area contributed by atoms with E-state index in [1.165, 1.54) is 23.5 Å². The van der Waals surface area contributed by atoms with Crippen LogP contribution < -0.4 is 9.54 Å². The van der Waals surface area contributed by atoms with E-state index in [-0.39, 0.29) is 5.69 Å². The van der Waals surface area contributed by atoms with Crippen molar-refractivity contribution in [2.24, 2.45) is 4.99 Å². The largest absolute Gasteiger partial charge is 0.494 e. The van der Waals surface area contributed by atoms with Crippen LogP contribution in [0, 0.1) is 10.1 Å². The summed E-state index contributed by atoms with van der Waals surface area (Å²) in [7, 11) is 0. The fraction of sp³-hybridized carbons (Fsp3) is 0.158. The molecule has 0 aliphatic heterocycles. The number of benzene rings is 2. The predicted molar refractivity (Wildman–Crippen MR) is 104 cm³/mol. The number of nitro groups is 1. The van der Waals surface area contributed by atoms with Gasteiger partial charge >= 0.3 is 0 Å². The second kappa shape index (κ2) is 7.96. The molecule has 0 saturated heterocycles. The highest BCUT2D eigenvalue weighted by Gasteiger charge is 2.12. The first-order valence-electron chi connectivity index (χ1n) is 8.24. The molecule has 0 saturated carbocycles. The molecule has 3 aromatic rings. The molecule has 2 aromatic carbocycles. The highest BCUT2D eigenvalue weighted by molar-refractivity contribution is 7.16. The number of ether oxygens (including phenoxy) is 1. The van der Waals surface area contributed by atoms with Crippen LogP contribution in [0.2, 0.25) is 0 Å². The molecule has 0 aliphatic carbocycles. The molecular weight excluding hydrogens is 366 g/mol. The van der Waals surface area contributed by atoms with Crippen molar-refractivity contribution < 1.29 is 14.5 Å². The fourth-order valence-corrected chi connectivity index (χ4v) is 3.65. The number of allylic oxidation sites excluding steroid dienone is 1. The first-order valence-corrected chi connectivity index (χ1v) is 9.05. The van der Waals surface area contributed by atoms with Crippen molar-refractivity contribution in [3.8, 4) is 5.75 Å². The van der Waals surface area contributed by atoms with Crippen LogP contribution in [0.15, 0.2) is 60.1 Å². The molecule has 138 valence electrons. The van der Waals surface area contributed by atoms with Crippen LogP contribution in [0.25, 0.3) is 10.2 Å². The Bertz CT molecular complexity index is 1080. The van der Waals surface area contributed by atoms with E-state index in [0.29, 0.717) is 34.0 Å². The van der Waals surface area contributed by atoms with Gasteiger partial charge < -0.3 is 9.30 Å². The van der Waals surface area contributed by atoms with Crippen molar-refractivity contribution in [1.82, 2.24) is 4.57 Å². The quantitative estimate of drug-likeness (QED) is 0.366. The summed E-state index contributed by atoms with van der Waals surface area (Å²) in [6.07, 6.45) is 1.69. The van der Waals surface area contributed by atoms with Gasteiger partial charge in [-0.15, -0.1) is 6.58 Å². The summed E-state index contributed by atoms with van der Waals surface area (Å²) >= 11 is 1.23. The van der Waals surface area contributed by atoms with E-state index >= 15 is 0 Å². The van der Waals surface area contributed by atoms with Gasteiger partial charge in [-0.05, 0) is 37.3 Å². The smallest absolute Gasteiger partial charge is 0.279 e. The minimum absolute atomic E-state index is 0.00103. The van der Waals surface area contributed by atoms with Gasteiger partial charge in [0.25, 0.3) is 11.6 Å². The van der Waals surface area contributed by atoms with Gasteiger partial charge in [0.2, 0.25) is 0 Å². The Morgan fingerprint density at radius 1 is 1.33 bits per heavy atom. The Morgan fingerprint density at radius 2 is 2.07 bits per heavy atom. The molecule has 8 heteroatoms. The Hall–Kier alpha value is -3.26. The molecule has 0 unspecified atom stereocenters. The monoisotopic (exact) mass is 383 g/mol. The van der Waals surface area contributed by atoms with Crippen LogP contribution in [-0.2, 0) is 6.54 Å². The SMILES string of the molecule is C=CCn1c(=NC(=O)c2ccc(OCC)cc2)sc2cc([N+](=O)[O-])ccc21. The fourth-order valence-electron chi connectivity index (χ4n) is 2.58. The van der Waals surface area contributed by atoms with E-state index in [1.54, 1.807) is 36.4 Å². The molecule has 1 aromatic heterocycles. The number of nitrogens with zero attached hydrogens (tertiary/aromatic N) is 3. The molecule has 27 heavy (non-hydrogen) atoms. The summed E-state index contributed by atoms with van der Waals surface area (Å²) in [5.41, 5.74) is 1.20. The lowest BCUT2D eigenvalue weighted by atomic mass is 10.2. The van der Waals surface area contributed by atoms with Crippen molar-refractivity contribution in [2.45, 2.75) is 13.5 Å². The Labute approximate surface area is 159 Å². The molecule has 0 atom stereocenters. The van der Waals surface area contributed by atoms with Crippen LogP contribution in [0.5, 0.6) is 5.75 Å². The molecular formula is C19H17N3O4S. The van der Waals surface area contributed by atoms with Crippen LogP contribution in [0.1, 0.15) is 17.3 Å². The van der Waals surface area contributed by atoms with E-state index in [4.69, 9.17) is 4.74 Å². The zero-order valence-electron chi connectivity index (χ0n) is 14.6. The maximum absolute atomic E-state index is 12.5. The van der Waals surface area contributed by atoms with E-state index < -0.39 is 10.8 Å². The molecule has 0 bridgehead atoms. The van der Waals surface area contributed by atoms with Crippen molar-refractivity contribution >= 4 is 33.1 Å². The second-order valence-electron chi connectivity index (χ2n) is 5.57. The number of nitro benzene ring substituents is 1. The van der Waals surface area contributed by atoms with Crippen LogP contribution >= 0.6 is 11.3 Å². The van der Waals surface area contributed by atoms with Gasteiger partial charge in [0.05, 0.1) is 21.7 Å². The third-order valence-electron chi connectivity index (χ3n) is 3.80. The standard InChI is InChI=1S/C19H17N3O4S/c1-3-11-21-16-10-7-14(22(24)25)12-17(16)27-19(21)20-18(23)13-5-8-15(9-6-13)26-4-2/h3,5-10,12H,1,4,11H2,2H3. The van der Waals surface area contributed by atoms with E-state index in [1.807, 2.05) is 11.5 Å². The Kier molecular flexibility index (Phi) is 5.46. The lowest BCUT2D eigenvalue weighted by Crippen LogP contribution is -2.16. The topological polar surface area (TPSA) is 86.7 Å². The van der Waals surface area contributed by atoms with E-state index in [9.17, 15) is 14.9 Å². The lowest BCUT2D eigenvalue weighted by Gasteiger charge is -2.03. The van der Waals surface area contributed by atoms with Gasteiger partial charge in [-0.1, -0.05) is 17.4 Å². The summed E-state index contributed by atoms with van der Waals surface area (Å²) in [4.78, 5) is 27.8. The van der Waals surface area contributed by atoms with Gasteiger partial charge in [-0.25, -0.2) is 0 Å². The summed E-state index contributed by atoms with van der Waals surface area (Å²) in [5, 5.41) is 11.0. The van der Waals surface area contributed by atoms with E-state index in [0.717, 1.165) is 5.52 Å². The number of thiazole rings is 1. The second-order valence-corrected chi connectivity index (χ2v) is 6.58. The third-order valence-corrected chi connectivity index (χ3v) is 4.84. The summed E-state index contributed by atoms with van der Waals surface area (Å²) in [6, 6.07) is 11.3. The molecule has 0 radical (unpaired) electrons. The van der Waals surface area contributed by atoms with Crippen molar-refractivity contribution in [2.75, 3.05) is 6.61 Å². The number of carbonyl (C=O) groups excluding carboxylic acids is 1. The molecule has 1 amide bonds. The highest BCUT2D eigenvalue weighted by Crippen LogP contribution is 2.23. The number of non-ortho nitro benzene ring substituents is 1. The first kappa shape index (κ1) is 18.5. The van der Waals surface area contributed by atoms with Gasteiger partial charge in [-0.2, -0.15) is 4.99 Å². The zero-order chi connectivity index (χ0) is 19.4. The third kappa shape index (κ3) is 3.95. The normalized spacial score (nSPS) is 11.5. The van der Waals surface area contributed by atoms with Crippen molar-refractivity contribution in [3.05, 3.63) is 75.6 Å². The summed E-state index contributed by atoms with van der Waals surface area (Å²) in [6.45, 7) is 6.60. The maximum Gasteiger partial charge on any atom is 0.279 e. The summed E-state index contributed by atoms with van der Waals surface area (Å²) < 4.78 is 7.86. The number of amides is 1. The van der Waals surface area contributed by atoms with Crippen LogP contribution in [0.4, 0.5) is 5.69 Å². The molecule has 3 rings (SSSR count). The van der Waals surface area contributed by atoms with Gasteiger partial charge in [0, 0.05) is 24.2 Å². The van der Waals surface area contributed by atoms with Crippen LogP contribution in [0.3, 0.4) is 0 Å². The Balaban J connectivity index is 2.05. The van der Waals surface area contributed by atoms with Gasteiger partial charge in [0.15, 0.2) is 4.80 Å². The van der Waals surface area contributed by atoms with Crippen LogP contribution in [-0.4, -0.2) is 22.0 Å². The Morgan fingerprint density at radius 3 is 2.70 bits per heavy atom. The minimum atomic E-state index is -0.446. The molecule has 0 spiro atoms. The number of hydrogen-bond acceptors (Lipinski definition) is 5. The molecule has 7 nitrogen and oxygen atoms in total. The minimum Gasteiger partial charge on any atom is -0.494 e. The predicted octanol–water partition coefficient (Wildman–Crippen LogP) is 3.94. The van der Waals surface area contributed by atoms with E-state index in [2.05, 4.69) is 11.6 Å². The number of hydrogen-bond donors (Lipinski definition) is 0. The highest BCUT2D eigenvalue weighted by atomic mass is 32.1. The average molecular weight is 383 g/mol. The molecule has 0 N–H and O–H groups in total. The lowest BCUT2D eigenvalue weighted by molar-refractivity contribution is -0.384. The maximum atomic E-state index is 12.5. The zero-order valence-corrected chi connectivity index (χ0v) is 15.4. The number of aromatic nitrogens is 1. The summed E-state index contributed by atoms with van der Waals surface area (Å²) in [5.74, 6) is 0.293. The number of rotatable bonds is 6. The molecule has 1 heterocycles. The van der Waals surface area contributed by atoms with Crippen molar-refractivity contribution in [1.29, 1.82) is 0 Å². The first-order chi connectivity index (χ1) is 13.0. The van der Waals surface area contributed by atoms with Crippen molar-refractivity contribution in [3.63, 3.8) is 0 Å². The average Bonchev–Trinajstić information content (AvgIpc) is 2.99. The molecule has 0 fully saturated rings. The number of fused-ring (bicyclic) bond motifs is 1. The number of carbonyl (C=O) groups is 1. The molecule has 0 aliphatic rings. The van der Waals surface area contributed by atoms with Gasteiger partial charge in [-0.3, -0.25) is 14.9 Å².